The van der Waals surface area contributed by atoms with Gasteiger partial charge in [-0.2, -0.15) is 18.3 Å². The number of hydrogen-bond donors (Lipinski definition) is 2. The Hall–Kier alpha value is -2.06. The summed E-state index contributed by atoms with van der Waals surface area (Å²) in [4.78, 5) is 12.4. The zero-order valence-corrected chi connectivity index (χ0v) is 14.7. The molecule has 0 saturated heterocycles. The Kier molecular flexibility index (Phi) is 6.30. The largest absolute Gasteiger partial charge is 0.416 e. The summed E-state index contributed by atoms with van der Waals surface area (Å²) in [6.07, 6.45) is -0.551. The number of carbonyl (C=O) groups is 1. The predicted octanol–water partition coefficient (Wildman–Crippen LogP) is 3.27. The maximum absolute atomic E-state index is 13.0. The molecule has 0 spiro atoms. The fourth-order valence-corrected chi connectivity index (χ4v) is 2.70. The Morgan fingerprint density at radius 2 is 2.08 bits per heavy atom. The molecule has 1 aromatic carbocycles. The third kappa shape index (κ3) is 4.37. The summed E-state index contributed by atoms with van der Waals surface area (Å²) in [5.41, 5.74) is 6.06. The highest BCUT2D eigenvalue weighted by Gasteiger charge is 2.34. The van der Waals surface area contributed by atoms with Gasteiger partial charge in [-0.05, 0) is 44.0 Å². The molecule has 5 nitrogen and oxygen atoms in total. The van der Waals surface area contributed by atoms with E-state index in [0.29, 0.717) is 36.5 Å². The third-order valence-corrected chi connectivity index (χ3v) is 4.10. The molecular weight excluding hydrogens is 369 g/mol. The minimum absolute atomic E-state index is 0. The number of hydrogen-bond acceptors (Lipinski definition) is 3. The molecule has 0 unspecified atom stereocenters. The van der Waals surface area contributed by atoms with Gasteiger partial charge in [0.1, 0.15) is 0 Å². The molecule has 1 fully saturated rings. The van der Waals surface area contributed by atoms with Gasteiger partial charge in [0.25, 0.3) is 5.91 Å². The van der Waals surface area contributed by atoms with E-state index in [1.54, 1.807) is 6.07 Å². The van der Waals surface area contributed by atoms with Crippen LogP contribution in [0.1, 0.15) is 46.8 Å². The molecule has 0 atom stereocenters. The van der Waals surface area contributed by atoms with Gasteiger partial charge in [-0.25, -0.2) is 4.68 Å². The lowest BCUT2D eigenvalue weighted by atomic mass is 10.1. The van der Waals surface area contributed by atoms with Crippen molar-refractivity contribution in [3.05, 3.63) is 47.3 Å². The maximum atomic E-state index is 13.0. The molecule has 0 radical (unpaired) electrons. The smallest absolute Gasteiger partial charge is 0.352 e. The fourth-order valence-electron chi connectivity index (χ4n) is 2.70. The highest BCUT2D eigenvalue weighted by atomic mass is 35.5. The molecule has 1 amide bonds. The van der Waals surface area contributed by atoms with Crippen molar-refractivity contribution in [1.29, 1.82) is 0 Å². The van der Waals surface area contributed by atoms with Crippen LogP contribution in [0.25, 0.3) is 5.69 Å². The first kappa shape index (κ1) is 20.3. The standard InChI is InChI=1S/C17H19F3N4O.ClH/c18-17(19,20)12-3-1-4-13(9-12)24-15(11-5-6-11)14(10-23-24)16(25)22-8-2-7-21;/h1,3-4,9-11H,2,5-8,21H2,(H,22,25);1H. The third-order valence-electron chi connectivity index (χ3n) is 4.10. The lowest BCUT2D eigenvalue weighted by molar-refractivity contribution is -0.137. The number of carbonyl (C=O) groups excluding carboxylic acids is 1. The van der Waals surface area contributed by atoms with E-state index >= 15 is 0 Å². The van der Waals surface area contributed by atoms with Gasteiger partial charge in [0.15, 0.2) is 0 Å². The number of halogens is 4. The molecule has 9 heteroatoms. The predicted molar refractivity (Wildman–Crippen MR) is 93.8 cm³/mol. The van der Waals surface area contributed by atoms with E-state index in [1.807, 2.05) is 0 Å². The van der Waals surface area contributed by atoms with Crippen LogP contribution in [0.15, 0.2) is 30.5 Å². The van der Waals surface area contributed by atoms with Crippen molar-refractivity contribution in [2.24, 2.45) is 5.73 Å². The summed E-state index contributed by atoms with van der Waals surface area (Å²) >= 11 is 0. The number of nitrogens with zero attached hydrogens (tertiary/aromatic N) is 2. The molecule has 3 rings (SSSR count). The highest BCUT2D eigenvalue weighted by molar-refractivity contribution is 5.95. The molecule has 142 valence electrons. The zero-order valence-electron chi connectivity index (χ0n) is 13.9. The normalized spacial score (nSPS) is 14.0. The van der Waals surface area contributed by atoms with Crippen LogP contribution >= 0.6 is 12.4 Å². The van der Waals surface area contributed by atoms with E-state index in [-0.39, 0.29) is 24.2 Å². The molecule has 1 aliphatic carbocycles. The first-order valence-electron chi connectivity index (χ1n) is 8.15. The number of alkyl halides is 3. The highest BCUT2D eigenvalue weighted by Crippen LogP contribution is 2.42. The van der Waals surface area contributed by atoms with Gasteiger partial charge in [-0.1, -0.05) is 6.07 Å². The first-order chi connectivity index (χ1) is 11.9. The minimum atomic E-state index is -4.43. The van der Waals surface area contributed by atoms with Crippen LogP contribution in [0.3, 0.4) is 0 Å². The monoisotopic (exact) mass is 388 g/mol. The number of aromatic nitrogens is 2. The van der Waals surface area contributed by atoms with Gasteiger partial charge in [0.2, 0.25) is 0 Å². The average molecular weight is 389 g/mol. The molecule has 26 heavy (non-hydrogen) atoms. The SMILES string of the molecule is Cl.NCCCNC(=O)c1cnn(-c2cccc(C(F)(F)F)c2)c1C1CC1. The number of nitrogens with one attached hydrogen (secondary N) is 1. The van der Waals surface area contributed by atoms with Crippen molar-refractivity contribution in [1.82, 2.24) is 15.1 Å². The fraction of sp³-hybridized carbons (Fsp3) is 0.412. The number of rotatable bonds is 6. The molecule has 3 N–H and O–H groups in total. The van der Waals surface area contributed by atoms with Crippen molar-refractivity contribution in [2.75, 3.05) is 13.1 Å². The Bertz CT molecular complexity index is 772. The van der Waals surface area contributed by atoms with Crippen molar-refractivity contribution in [3.63, 3.8) is 0 Å². The molecule has 1 saturated carbocycles. The molecule has 0 aliphatic heterocycles. The lowest BCUT2D eigenvalue weighted by Crippen LogP contribution is -2.26. The second-order valence-electron chi connectivity index (χ2n) is 6.08. The van der Waals surface area contributed by atoms with Crippen LogP contribution in [-0.4, -0.2) is 28.8 Å². The summed E-state index contributed by atoms with van der Waals surface area (Å²) in [5.74, 6) is -0.124. The van der Waals surface area contributed by atoms with Crippen molar-refractivity contribution >= 4 is 18.3 Å². The van der Waals surface area contributed by atoms with Crippen LogP contribution < -0.4 is 11.1 Å². The zero-order chi connectivity index (χ0) is 18.0. The summed E-state index contributed by atoms with van der Waals surface area (Å²) in [5, 5.41) is 6.96. The Balaban J connectivity index is 0.00000243. The van der Waals surface area contributed by atoms with E-state index in [4.69, 9.17) is 5.73 Å². The van der Waals surface area contributed by atoms with Crippen LogP contribution in [-0.2, 0) is 6.18 Å². The lowest BCUT2D eigenvalue weighted by Gasteiger charge is -2.12. The summed E-state index contributed by atoms with van der Waals surface area (Å²) in [7, 11) is 0. The number of amides is 1. The molecular formula is C17H20ClF3N4O. The molecule has 1 aromatic heterocycles. The van der Waals surface area contributed by atoms with Gasteiger partial charge in [-0.3, -0.25) is 4.79 Å². The van der Waals surface area contributed by atoms with Crippen molar-refractivity contribution in [2.45, 2.75) is 31.4 Å². The molecule has 1 aliphatic rings. The van der Waals surface area contributed by atoms with Crippen LogP contribution in [0.4, 0.5) is 13.2 Å². The average Bonchev–Trinajstić information content (AvgIpc) is 3.32. The molecule has 2 aromatic rings. The maximum Gasteiger partial charge on any atom is 0.416 e. The summed E-state index contributed by atoms with van der Waals surface area (Å²) in [6.45, 7) is 0.924. The molecule has 1 heterocycles. The summed E-state index contributed by atoms with van der Waals surface area (Å²) in [6, 6.07) is 4.97. The number of benzene rings is 1. The Morgan fingerprint density at radius 1 is 1.35 bits per heavy atom. The Morgan fingerprint density at radius 3 is 2.69 bits per heavy atom. The van der Waals surface area contributed by atoms with Gasteiger partial charge < -0.3 is 11.1 Å². The van der Waals surface area contributed by atoms with E-state index in [0.717, 1.165) is 25.0 Å². The van der Waals surface area contributed by atoms with E-state index in [9.17, 15) is 18.0 Å². The van der Waals surface area contributed by atoms with Crippen LogP contribution in [0.5, 0.6) is 0 Å². The van der Waals surface area contributed by atoms with Gasteiger partial charge in [0.05, 0.1) is 28.7 Å². The Labute approximate surface area is 155 Å². The minimum Gasteiger partial charge on any atom is -0.352 e. The van der Waals surface area contributed by atoms with Gasteiger partial charge in [0, 0.05) is 12.5 Å². The van der Waals surface area contributed by atoms with Crippen molar-refractivity contribution < 1.29 is 18.0 Å². The van der Waals surface area contributed by atoms with Crippen LogP contribution in [0.2, 0.25) is 0 Å². The topological polar surface area (TPSA) is 72.9 Å². The van der Waals surface area contributed by atoms with E-state index < -0.39 is 11.7 Å². The number of nitrogens with two attached hydrogens (primary N) is 1. The molecule has 0 bridgehead atoms. The quantitative estimate of drug-likeness (QED) is 0.746. The second kappa shape index (κ2) is 8.09. The first-order valence-corrected chi connectivity index (χ1v) is 8.15. The second-order valence-corrected chi connectivity index (χ2v) is 6.08. The van der Waals surface area contributed by atoms with Crippen molar-refractivity contribution in [3.8, 4) is 5.69 Å². The van der Waals surface area contributed by atoms with Gasteiger partial charge >= 0.3 is 6.18 Å². The summed E-state index contributed by atoms with van der Waals surface area (Å²) < 4.78 is 40.3. The van der Waals surface area contributed by atoms with E-state index in [2.05, 4.69) is 10.4 Å². The van der Waals surface area contributed by atoms with Gasteiger partial charge in [-0.15, -0.1) is 12.4 Å². The van der Waals surface area contributed by atoms with E-state index in [1.165, 1.54) is 16.9 Å². The van der Waals surface area contributed by atoms with Crippen LogP contribution in [0, 0.1) is 0 Å².